The number of rotatable bonds is 7. The Kier molecular flexibility index (Phi) is 6.05. The van der Waals surface area contributed by atoms with E-state index in [-0.39, 0.29) is 33.9 Å². The van der Waals surface area contributed by atoms with Gasteiger partial charge < -0.3 is 4.74 Å². The molecule has 0 bridgehead atoms. The number of halogens is 2. The molecule has 104 valence electrons. The smallest absolute Gasteiger partial charge is 0.272 e. The monoisotopic (exact) mass is 305 g/mol. The second-order valence-corrected chi connectivity index (χ2v) is 4.65. The van der Waals surface area contributed by atoms with Crippen molar-refractivity contribution in [2.24, 2.45) is 0 Å². The average molecular weight is 306 g/mol. The predicted octanol–water partition coefficient (Wildman–Crippen LogP) is 4.04. The Morgan fingerprint density at radius 3 is 2.42 bits per heavy atom. The molecule has 0 aliphatic rings. The summed E-state index contributed by atoms with van der Waals surface area (Å²) in [4.78, 5) is 21.1. The maximum atomic E-state index is 11.1. The maximum Gasteiger partial charge on any atom is 0.272 e. The lowest BCUT2D eigenvalue weighted by atomic mass is 10.2. The number of ketones is 1. The molecule has 0 spiro atoms. The molecule has 0 saturated heterocycles. The van der Waals surface area contributed by atoms with E-state index in [1.807, 2.05) is 0 Å². The van der Waals surface area contributed by atoms with Crippen LogP contribution in [0.4, 0.5) is 5.69 Å². The summed E-state index contributed by atoms with van der Waals surface area (Å²) in [7, 11) is 0. The standard InChI is InChI=1S/C12H13Cl2NO4/c1-2-9(16)4-3-5-19-12-10(13)6-8(15(17)18)7-11(12)14/h6-7H,2-5H2,1H3. The van der Waals surface area contributed by atoms with Crippen molar-refractivity contribution in [3.63, 3.8) is 0 Å². The first kappa shape index (κ1) is 15.7. The number of nitro groups is 1. The van der Waals surface area contributed by atoms with Crippen molar-refractivity contribution >= 4 is 34.7 Å². The van der Waals surface area contributed by atoms with E-state index >= 15 is 0 Å². The highest BCUT2D eigenvalue weighted by Crippen LogP contribution is 2.36. The molecule has 0 radical (unpaired) electrons. The van der Waals surface area contributed by atoms with Crippen molar-refractivity contribution in [1.82, 2.24) is 0 Å². The first-order chi connectivity index (χ1) is 8.95. The third kappa shape index (κ3) is 4.69. The Labute approximate surface area is 120 Å². The van der Waals surface area contributed by atoms with Crippen LogP contribution >= 0.6 is 23.2 Å². The zero-order valence-corrected chi connectivity index (χ0v) is 11.8. The summed E-state index contributed by atoms with van der Waals surface area (Å²) in [6, 6.07) is 2.36. The fourth-order valence-electron chi connectivity index (χ4n) is 1.41. The van der Waals surface area contributed by atoms with Gasteiger partial charge in [0.15, 0.2) is 5.75 Å². The second-order valence-electron chi connectivity index (χ2n) is 3.84. The second kappa shape index (κ2) is 7.31. The van der Waals surface area contributed by atoms with Gasteiger partial charge in [0.2, 0.25) is 0 Å². The van der Waals surface area contributed by atoms with Gasteiger partial charge in [-0.25, -0.2) is 0 Å². The van der Waals surface area contributed by atoms with Crippen LogP contribution in [0, 0.1) is 10.1 Å². The van der Waals surface area contributed by atoms with Gasteiger partial charge in [0.25, 0.3) is 5.69 Å². The zero-order valence-electron chi connectivity index (χ0n) is 10.3. The third-order valence-electron chi connectivity index (χ3n) is 2.43. The number of carbonyl (C=O) groups excluding carboxylic acids is 1. The van der Waals surface area contributed by atoms with E-state index in [9.17, 15) is 14.9 Å². The van der Waals surface area contributed by atoms with Crippen molar-refractivity contribution in [3.05, 3.63) is 32.3 Å². The molecule has 0 aromatic heterocycles. The van der Waals surface area contributed by atoms with Crippen LogP contribution in [0.1, 0.15) is 26.2 Å². The number of benzene rings is 1. The van der Waals surface area contributed by atoms with Crippen molar-refractivity contribution in [2.75, 3.05) is 6.61 Å². The third-order valence-corrected chi connectivity index (χ3v) is 3.00. The van der Waals surface area contributed by atoms with Gasteiger partial charge in [-0.1, -0.05) is 30.1 Å². The van der Waals surface area contributed by atoms with Gasteiger partial charge in [-0.3, -0.25) is 14.9 Å². The highest BCUT2D eigenvalue weighted by atomic mass is 35.5. The van der Waals surface area contributed by atoms with E-state index in [4.69, 9.17) is 27.9 Å². The fourth-order valence-corrected chi connectivity index (χ4v) is 1.99. The van der Waals surface area contributed by atoms with Crippen LogP contribution in [0.3, 0.4) is 0 Å². The van der Waals surface area contributed by atoms with Crippen LogP contribution in [0.2, 0.25) is 10.0 Å². The van der Waals surface area contributed by atoms with Crippen LogP contribution in [-0.2, 0) is 4.79 Å². The minimum absolute atomic E-state index is 0.0843. The van der Waals surface area contributed by atoms with Gasteiger partial charge in [0, 0.05) is 25.0 Å². The molecule has 0 unspecified atom stereocenters. The summed E-state index contributed by atoms with van der Waals surface area (Å²) < 4.78 is 5.36. The molecule has 0 amide bonds. The molecule has 1 aromatic rings. The van der Waals surface area contributed by atoms with E-state index in [1.54, 1.807) is 6.92 Å². The van der Waals surface area contributed by atoms with Crippen molar-refractivity contribution in [2.45, 2.75) is 26.2 Å². The van der Waals surface area contributed by atoms with Crippen LogP contribution in [0.15, 0.2) is 12.1 Å². The van der Waals surface area contributed by atoms with Gasteiger partial charge in [-0.05, 0) is 6.42 Å². The average Bonchev–Trinajstić information content (AvgIpc) is 2.36. The summed E-state index contributed by atoms with van der Waals surface area (Å²) in [6.45, 7) is 2.08. The Morgan fingerprint density at radius 1 is 1.37 bits per heavy atom. The van der Waals surface area contributed by atoms with Crippen LogP contribution in [0.5, 0.6) is 5.75 Å². The number of carbonyl (C=O) groups is 1. The number of ether oxygens (including phenoxy) is 1. The summed E-state index contributed by atoms with van der Waals surface area (Å²) in [5.41, 5.74) is -0.191. The van der Waals surface area contributed by atoms with Crippen molar-refractivity contribution < 1.29 is 14.5 Å². The molecule has 19 heavy (non-hydrogen) atoms. The normalized spacial score (nSPS) is 10.3. The topological polar surface area (TPSA) is 69.4 Å². The van der Waals surface area contributed by atoms with E-state index in [0.29, 0.717) is 19.3 Å². The molecule has 0 atom stereocenters. The molecule has 0 fully saturated rings. The summed E-state index contributed by atoms with van der Waals surface area (Å²) >= 11 is 11.7. The fraction of sp³-hybridized carbons (Fsp3) is 0.417. The minimum Gasteiger partial charge on any atom is -0.490 e. The summed E-state index contributed by atoms with van der Waals surface area (Å²) in [5, 5.41) is 10.8. The minimum atomic E-state index is -0.582. The Hall–Kier alpha value is -1.33. The lowest BCUT2D eigenvalue weighted by Crippen LogP contribution is -2.03. The first-order valence-corrected chi connectivity index (χ1v) is 6.49. The highest BCUT2D eigenvalue weighted by Gasteiger charge is 2.15. The van der Waals surface area contributed by atoms with Crippen molar-refractivity contribution in [3.8, 4) is 5.75 Å². The number of non-ortho nitro benzene ring substituents is 1. The largest absolute Gasteiger partial charge is 0.490 e. The number of hydrogen-bond donors (Lipinski definition) is 0. The molecule has 0 aliphatic heterocycles. The molecule has 5 nitrogen and oxygen atoms in total. The van der Waals surface area contributed by atoms with Crippen molar-refractivity contribution in [1.29, 1.82) is 0 Å². The molecule has 0 aliphatic carbocycles. The van der Waals surface area contributed by atoms with Crippen LogP contribution in [-0.4, -0.2) is 17.3 Å². The highest BCUT2D eigenvalue weighted by molar-refractivity contribution is 6.37. The van der Waals surface area contributed by atoms with Crippen LogP contribution < -0.4 is 4.74 Å². The number of Topliss-reactive ketones (excluding diaryl/α,β-unsaturated/α-hetero) is 1. The predicted molar refractivity (Wildman–Crippen MR) is 73.1 cm³/mol. The van der Waals surface area contributed by atoms with E-state index < -0.39 is 4.92 Å². The van der Waals surface area contributed by atoms with E-state index in [0.717, 1.165) is 0 Å². The lowest BCUT2D eigenvalue weighted by molar-refractivity contribution is -0.384. The molecular weight excluding hydrogens is 293 g/mol. The zero-order chi connectivity index (χ0) is 14.4. The molecule has 1 aromatic carbocycles. The van der Waals surface area contributed by atoms with Gasteiger partial charge in [0.1, 0.15) is 5.78 Å². The van der Waals surface area contributed by atoms with E-state index in [1.165, 1.54) is 12.1 Å². The van der Waals surface area contributed by atoms with Gasteiger partial charge >= 0.3 is 0 Å². The molecule has 0 N–H and O–H groups in total. The maximum absolute atomic E-state index is 11.1. The number of nitrogens with zero attached hydrogens (tertiary/aromatic N) is 1. The quantitative estimate of drug-likeness (QED) is 0.433. The molecule has 0 saturated carbocycles. The number of nitro benzene ring substituents is 1. The summed E-state index contributed by atoms with van der Waals surface area (Å²) in [5.74, 6) is 0.363. The molecular formula is C12H13Cl2NO4. The Morgan fingerprint density at radius 2 is 1.95 bits per heavy atom. The summed E-state index contributed by atoms with van der Waals surface area (Å²) in [6.07, 6.45) is 1.48. The first-order valence-electron chi connectivity index (χ1n) is 5.73. The number of hydrogen-bond acceptors (Lipinski definition) is 4. The molecule has 0 heterocycles. The Bertz CT molecular complexity index is 468. The van der Waals surface area contributed by atoms with Gasteiger partial charge in [-0.15, -0.1) is 0 Å². The van der Waals surface area contributed by atoms with Gasteiger partial charge in [0.05, 0.1) is 21.6 Å². The Balaban J connectivity index is 2.64. The van der Waals surface area contributed by atoms with Crippen LogP contribution in [0.25, 0.3) is 0 Å². The van der Waals surface area contributed by atoms with E-state index in [2.05, 4.69) is 0 Å². The SMILES string of the molecule is CCC(=O)CCCOc1c(Cl)cc([N+](=O)[O-])cc1Cl. The molecule has 7 heteroatoms. The molecule has 1 rings (SSSR count). The van der Waals surface area contributed by atoms with Gasteiger partial charge in [-0.2, -0.15) is 0 Å². The lowest BCUT2D eigenvalue weighted by Gasteiger charge is -2.09.